The Labute approximate surface area is 82.9 Å². The van der Waals surface area contributed by atoms with Gasteiger partial charge in [0.25, 0.3) is 0 Å². The minimum atomic E-state index is -1.52. The zero-order chi connectivity index (χ0) is 10.6. The number of aliphatic hydroxyl groups is 2. The van der Waals surface area contributed by atoms with Crippen molar-refractivity contribution in [2.24, 2.45) is 5.92 Å². The van der Waals surface area contributed by atoms with Crippen molar-refractivity contribution in [2.45, 2.75) is 38.2 Å². The molecule has 2 N–H and O–H groups in total. The first-order valence-electron chi connectivity index (χ1n) is 5.03. The second kappa shape index (κ2) is 5.22. The second-order valence-corrected chi connectivity index (χ2v) is 3.76. The third-order valence-corrected chi connectivity index (χ3v) is 2.69. The fraction of sp³-hybridized carbons (Fsp3) is 0.800. The van der Waals surface area contributed by atoms with Crippen LogP contribution in [0, 0.1) is 5.92 Å². The minimum absolute atomic E-state index is 0.225. The molecular weight excluding hydrogens is 184 g/mol. The molecule has 0 bridgehead atoms. The fourth-order valence-electron chi connectivity index (χ4n) is 1.81. The summed E-state index contributed by atoms with van der Waals surface area (Å²) in [5.74, 6) is -1.57. The van der Waals surface area contributed by atoms with E-state index in [1.807, 2.05) is 0 Å². The Bertz CT molecular complexity index is 218. The maximum atomic E-state index is 11.5. The van der Waals surface area contributed by atoms with Gasteiger partial charge in [0, 0.05) is 5.92 Å². The number of rotatable bonds is 4. The molecule has 1 unspecified atom stereocenters. The average Bonchev–Trinajstić information content (AvgIpc) is 2.27. The van der Waals surface area contributed by atoms with Gasteiger partial charge in [-0.25, -0.2) is 0 Å². The quantitative estimate of drug-likeness (QED) is 0.629. The molecule has 1 rings (SSSR count). The monoisotopic (exact) mass is 200 g/mol. The lowest BCUT2D eigenvalue weighted by Gasteiger charge is -2.20. The Morgan fingerprint density at radius 3 is 2.29 bits per heavy atom. The number of Topliss-reactive ketones (excluding diaryl/α,β-unsaturated/α-hetero) is 2. The van der Waals surface area contributed by atoms with E-state index in [4.69, 9.17) is 10.2 Å². The number of carbonyl (C=O) groups excluding carboxylic acids is 2. The van der Waals surface area contributed by atoms with Crippen molar-refractivity contribution in [3.8, 4) is 0 Å². The SMILES string of the molecule is O=C(C(=O)C1CCCCC1)C(O)CO. The van der Waals surface area contributed by atoms with E-state index in [0.717, 1.165) is 32.1 Å². The van der Waals surface area contributed by atoms with Crippen LogP contribution in [-0.2, 0) is 9.59 Å². The Morgan fingerprint density at radius 2 is 1.79 bits per heavy atom. The molecule has 0 aromatic rings. The predicted octanol–water partition coefficient (Wildman–Crippen LogP) is 0.0581. The molecule has 14 heavy (non-hydrogen) atoms. The van der Waals surface area contributed by atoms with Gasteiger partial charge in [0.2, 0.25) is 11.6 Å². The molecule has 0 amide bonds. The summed E-state index contributed by atoms with van der Waals surface area (Å²) in [6, 6.07) is 0. The first kappa shape index (κ1) is 11.3. The molecule has 1 aliphatic rings. The molecule has 4 heteroatoms. The van der Waals surface area contributed by atoms with Crippen molar-refractivity contribution in [3.63, 3.8) is 0 Å². The molecular formula is C10H16O4. The van der Waals surface area contributed by atoms with Crippen LogP contribution in [0.1, 0.15) is 32.1 Å². The summed E-state index contributed by atoms with van der Waals surface area (Å²) in [6.45, 7) is -0.669. The molecule has 1 fully saturated rings. The molecule has 0 heterocycles. The topological polar surface area (TPSA) is 74.6 Å². The largest absolute Gasteiger partial charge is 0.393 e. The number of hydrogen-bond acceptors (Lipinski definition) is 4. The van der Waals surface area contributed by atoms with Crippen molar-refractivity contribution in [1.29, 1.82) is 0 Å². The summed E-state index contributed by atoms with van der Waals surface area (Å²) in [5.41, 5.74) is 0. The van der Waals surface area contributed by atoms with Gasteiger partial charge in [-0.1, -0.05) is 19.3 Å². The number of carbonyl (C=O) groups is 2. The van der Waals surface area contributed by atoms with Crippen LogP contribution < -0.4 is 0 Å². The maximum absolute atomic E-state index is 11.5. The van der Waals surface area contributed by atoms with Gasteiger partial charge in [0.05, 0.1) is 6.61 Å². The summed E-state index contributed by atoms with van der Waals surface area (Å²) < 4.78 is 0. The normalized spacial score (nSPS) is 20.4. The minimum Gasteiger partial charge on any atom is -0.393 e. The zero-order valence-electron chi connectivity index (χ0n) is 8.11. The van der Waals surface area contributed by atoms with Crippen LogP contribution in [0.25, 0.3) is 0 Å². The highest BCUT2D eigenvalue weighted by Gasteiger charge is 2.30. The Balaban J connectivity index is 2.50. The van der Waals surface area contributed by atoms with Gasteiger partial charge in [-0.15, -0.1) is 0 Å². The highest BCUT2D eigenvalue weighted by atomic mass is 16.3. The van der Waals surface area contributed by atoms with E-state index in [-0.39, 0.29) is 5.92 Å². The Hall–Kier alpha value is -0.740. The van der Waals surface area contributed by atoms with Crippen molar-refractivity contribution in [3.05, 3.63) is 0 Å². The lowest BCUT2D eigenvalue weighted by molar-refractivity contribution is -0.145. The van der Waals surface area contributed by atoms with Gasteiger partial charge in [-0.3, -0.25) is 9.59 Å². The van der Waals surface area contributed by atoms with Crippen molar-refractivity contribution in [1.82, 2.24) is 0 Å². The van der Waals surface area contributed by atoms with Crippen LogP contribution in [0.15, 0.2) is 0 Å². The van der Waals surface area contributed by atoms with Crippen LogP contribution in [0.4, 0.5) is 0 Å². The molecule has 0 aromatic carbocycles. The van der Waals surface area contributed by atoms with E-state index in [1.165, 1.54) is 0 Å². The molecule has 1 atom stereocenters. The zero-order valence-corrected chi connectivity index (χ0v) is 8.11. The smallest absolute Gasteiger partial charge is 0.229 e. The van der Waals surface area contributed by atoms with E-state index < -0.39 is 24.3 Å². The Kier molecular flexibility index (Phi) is 4.22. The molecule has 0 aliphatic heterocycles. The number of aliphatic hydroxyl groups excluding tert-OH is 2. The van der Waals surface area contributed by atoms with Gasteiger partial charge in [-0.05, 0) is 12.8 Å². The van der Waals surface area contributed by atoms with Crippen LogP contribution in [0.3, 0.4) is 0 Å². The van der Waals surface area contributed by atoms with Crippen molar-refractivity contribution < 1.29 is 19.8 Å². The third-order valence-electron chi connectivity index (χ3n) is 2.69. The van der Waals surface area contributed by atoms with E-state index in [2.05, 4.69) is 0 Å². The lowest BCUT2D eigenvalue weighted by atomic mass is 9.84. The van der Waals surface area contributed by atoms with Gasteiger partial charge < -0.3 is 10.2 Å². The van der Waals surface area contributed by atoms with Gasteiger partial charge in [0.15, 0.2) is 0 Å². The van der Waals surface area contributed by atoms with Gasteiger partial charge >= 0.3 is 0 Å². The van der Waals surface area contributed by atoms with E-state index in [9.17, 15) is 9.59 Å². The summed E-state index contributed by atoms with van der Waals surface area (Å²) >= 11 is 0. The van der Waals surface area contributed by atoms with E-state index in [0.29, 0.717) is 0 Å². The predicted molar refractivity (Wildman–Crippen MR) is 49.7 cm³/mol. The average molecular weight is 200 g/mol. The molecule has 4 nitrogen and oxygen atoms in total. The molecule has 1 aliphatic carbocycles. The summed E-state index contributed by atoms with van der Waals surface area (Å²) in [6.07, 6.45) is 3.01. The lowest BCUT2D eigenvalue weighted by Crippen LogP contribution is -2.36. The van der Waals surface area contributed by atoms with E-state index >= 15 is 0 Å². The van der Waals surface area contributed by atoms with Gasteiger partial charge in [0.1, 0.15) is 6.10 Å². The molecule has 0 spiro atoms. The highest BCUT2D eigenvalue weighted by Crippen LogP contribution is 2.24. The molecule has 0 aromatic heterocycles. The number of hydrogen-bond donors (Lipinski definition) is 2. The molecule has 0 saturated heterocycles. The first-order chi connectivity index (χ1) is 6.66. The summed E-state index contributed by atoms with van der Waals surface area (Å²) in [5, 5.41) is 17.5. The van der Waals surface area contributed by atoms with Crippen LogP contribution in [0.2, 0.25) is 0 Å². The van der Waals surface area contributed by atoms with E-state index in [1.54, 1.807) is 0 Å². The highest BCUT2D eigenvalue weighted by molar-refractivity contribution is 6.39. The van der Waals surface area contributed by atoms with Crippen LogP contribution in [0.5, 0.6) is 0 Å². The van der Waals surface area contributed by atoms with Crippen LogP contribution >= 0.6 is 0 Å². The first-order valence-corrected chi connectivity index (χ1v) is 5.03. The third kappa shape index (κ3) is 2.62. The fourth-order valence-corrected chi connectivity index (χ4v) is 1.81. The van der Waals surface area contributed by atoms with Crippen molar-refractivity contribution in [2.75, 3.05) is 6.61 Å². The molecule has 80 valence electrons. The standard InChI is InChI=1S/C10H16O4/c11-6-8(12)10(14)9(13)7-4-2-1-3-5-7/h7-8,11-12H,1-6H2. The summed E-state index contributed by atoms with van der Waals surface area (Å²) in [7, 11) is 0. The van der Waals surface area contributed by atoms with Gasteiger partial charge in [-0.2, -0.15) is 0 Å². The second-order valence-electron chi connectivity index (χ2n) is 3.76. The molecule has 1 saturated carbocycles. The van der Waals surface area contributed by atoms with Crippen LogP contribution in [-0.4, -0.2) is 34.5 Å². The maximum Gasteiger partial charge on any atom is 0.229 e. The molecule has 0 radical (unpaired) electrons. The van der Waals surface area contributed by atoms with Crippen molar-refractivity contribution >= 4 is 11.6 Å². The Morgan fingerprint density at radius 1 is 1.21 bits per heavy atom. The summed E-state index contributed by atoms with van der Waals surface area (Å²) in [4.78, 5) is 22.7. The number of ketones is 2.